The number of halogens is 1. The van der Waals surface area contributed by atoms with Crippen LogP contribution in [0.4, 0.5) is 4.39 Å². The van der Waals surface area contributed by atoms with Crippen LogP contribution in [0.3, 0.4) is 0 Å². The number of carbonyl (C=O) groups excluding carboxylic acids is 2. The summed E-state index contributed by atoms with van der Waals surface area (Å²) < 4.78 is 29.9. The number of hydrogen-bond acceptors (Lipinski definition) is 5. The lowest BCUT2D eigenvalue weighted by atomic mass is 10.0. The van der Waals surface area contributed by atoms with Gasteiger partial charge in [-0.15, -0.1) is 0 Å². The first-order valence-electron chi connectivity index (χ1n) is 8.55. The maximum atomic E-state index is 14.4. The van der Waals surface area contributed by atoms with Crippen molar-refractivity contribution < 1.29 is 28.2 Å². The number of rotatable bonds is 8. The zero-order chi connectivity index (χ0) is 19.3. The normalized spacial score (nSPS) is 15.1. The molecule has 2 rings (SSSR count). The van der Waals surface area contributed by atoms with E-state index >= 15 is 0 Å². The first-order valence-corrected chi connectivity index (χ1v) is 8.55. The topological polar surface area (TPSA) is 65.1 Å². The molecule has 0 N–H and O–H groups in total. The number of ether oxygens (including phenoxy) is 3. The van der Waals surface area contributed by atoms with Gasteiger partial charge in [-0.25, -0.2) is 4.79 Å². The van der Waals surface area contributed by atoms with Gasteiger partial charge in [0.2, 0.25) is 5.82 Å². The Morgan fingerprint density at radius 2 is 2.00 bits per heavy atom. The van der Waals surface area contributed by atoms with Gasteiger partial charge in [0, 0.05) is 6.08 Å². The van der Waals surface area contributed by atoms with E-state index in [9.17, 15) is 14.0 Å². The molecular weight excluding hydrogens is 341 g/mol. The predicted octanol–water partition coefficient (Wildman–Crippen LogP) is 2.92. The first-order chi connectivity index (χ1) is 12.4. The van der Waals surface area contributed by atoms with Gasteiger partial charge in [0.05, 0.1) is 20.3 Å². The molecular formula is C19H24FNO5. The van der Waals surface area contributed by atoms with Gasteiger partial charge in [-0.3, -0.25) is 4.79 Å². The lowest BCUT2D eigenvalue weighted by Crippen LogP contribution is -2.44. The van der Waals surface area contributed by atoms with Crippen LogP contribution in [0.2, 0.25) is 0 Å². The van der Waals surface area contributed by atoms with Crippen molar-refractivity contribution in [2.24, 2.45) is 5.92 Å². The third-order valence-electron chi connectivity index (χ3n) is 3.91. The average Bonchev–Trinajstić information content (AvgIpc) is 2.95. The SMILES string of the molecule is CCOc1cccc(OC2=CC(=O)N([C@@H](CC(C)C)C(=O)OC)C2)c1F. The maximum absolute atomic E-state index is 14.4. The molecule has 1 aliphatic rings. The average molecular weight is 365 g/mol. The van der Waals surface area contributed by atoms with Crippen molar-refractivity contribution in [2.45, 2.75) is 33.2 Å². The first kappa shape index (κ1) is 19.8. The van der Waals surface area contributed by atoms with Crippen molar-refractivity contribution in [3.05, 3.63) is 35.9 Å². The summed E-state index contributed by atoms with van der Waals surface area (Å²) >= 11 is 0. The molecule has 0 bridgehead atoms. The van der Waals surface area contributed by atoms with Crippen molar-refractivity contribution in [1.29, 1.82) is 0 Å². The molecule has 0 fully saturated rings. The highest BCUT2D eigenvalue weighted by Gasteiger charge is 2.35. The van der Waals surface area contributed by atoms with Gasteiger partial charge in [-0.1, -0.05) is 19.9 Å². The van der Waals surface area contributed by atoms with E-state index in [1.165, 1.54) is 30.2 Å². The molecule has 26 heavy (non-hydrogen) atoms. The summed E-state index contributed by atoms with van der Waals surface area (Å²) in [6, 6.07) is 3.86. The Morgan fingerprint density at radius 3 is 2.62 bits per heavy atom. The van der Waals surface area contributed by atoms with E-state index in [1.807, 2.05) is 13.8 Å². The van der Waals surface area contributed by atoms with Crippen LogP contribution >= 0.6 is 0 Å². The molecule has 0 unspecified atom stereocenters. The smallest absolute Gasteiger partial charge is 0.328 e. The summed E-state index contributed by atoms with van der Waals surface area (Å²) in [4.78, 5) is 25.8. The summed E-state index contributed by atoms with van der Waals surface area (Å²) in [6.45, 7) is 6.06. The van der Waals surface area contributed by atoms with E-state index in [0.717, 1.165) is 0 Å². The Bertz CT molecular complexity index is 701. The van der Waals surface area contributed by atoms with Crippen LogP contribution in [0.25, 0.3) is 0 Å². The molecule has 0 saturated heterocycles. The number of amides is 1. The molecule has 0 spiro atoms. The van der Waals surface area contributed by atoms with Gasteiger partial charge in [-0.2, -0.15) is 4.39 Å². The third-order valence-corrected chi connectivity index (χ3v) is 3.91. The maximum Gasteiger partial charge on any atom is 0.328 e. The Hall–Kier alpha value is -2.57. The highest BCUT2D eigenvalue weighted by molar-refractivity contribution is 5.94. The molecule has 1 amide bonds. The fourth-order valence-corrected chi connectivity index (χ4v) is 2.75. The fourth-order valence-electron chi connectivity index (χ4n) is 2.75. The van der Waals surface area contributed by atoms with E-state index in [2.05, 4.69) is 0 Å². The summed E-state index contributed by atoms with van der Waals surface area (Å²) in [7, 11) is 1.29. The van der Waals surface area contributed by atoms with Crippen LogP contribution in [-0.4, -0.2) is 43.1 Å². The number of hydrogen-bond donors (Lipinski definition) is 0. The summed E-state index contributed by atoms with van der Waals surface area (Å²) in [5, 5.41) is 0. The van der Waals surface area contributed by atoms with E-state index in [0.29, 0.717) is 13.0 Å². The van der Waals surface area contributed by atoms with Crippen molar-refractivity contribution in [2.75, 3.05) is 20.3 Å². The van der Waals surface area contributed by atoms with Crippen LogP contribution in [0.5, 0.6) is 11.5 Å². The lowest BCUT2D eigenvalue weighted by Gasteiger charge is -2.27. The molecule has 1 aromatic rings. The highest BCUT2D eigenvalue weighted by Crippen LogP contribution is 2.29. The minimum absolute atomic E-state index is 0.0321. The third kappa shape index (κ3) is 4.53. The molecule has 1 aliphatic heterocycles. The molecule has 1 atom stereocenters. The number of benzene rings is 1. The van der Waals surface area contributed by atoms with E-state index in [-0.39, 0.29) is 35.6 Å². The Balaban J connectivity index is 2.15. The van der Waals surface area contributed by atoms with E-state index < -0.39 is 17.8 Å². The van der Waals surface area contributed by atoms with Crippen LogP contribution < -0.4 is 9.47 Å². The van der Waals surface area contributed by atoms with Gasteiger partial charge < -0.3 is 19.1 Å². The van der Waals surface area contributed by atoms with Gasteiger partial charge in [0.1, 0.15) is 11.8 Å². The Labute approximate surface area is 152 Å². The van der Waals surface area contributed by atoms with Crippen LogP contribution in [-0.2, 0) is 14.3 Å². The molecule has 0 saturated carbocycles. The number of carbonyl (C=O) groups is 2. The van der Waals surface area contributed by atoms with Crippen molar-refractivity contribution in [3.63, 3.8) is 0 Å². The molecule has 0 aliphatic carbocycles. The van der Waals surface area contributed by atoms with E-state index in [4.69, 9.17) is 14.2 Å². The lowest BCUT2D eigenvalue weighted by molar-refractivity contribution is -0.151. The second-order valence-electron chi connectivity index (χ2n) is 6.35. The standard InChI is InChI=1S/C19H24FNO5/c1-5-25-15-7-6-8-16(18(15)20)26-13-10-17(22)21(11-13)14(9-12(2)3)19(23)24-4/h6-8,10,12,14H,5,9,11H2,1-4H3/t14-/m0/s1. The number of methoxy groups -OCH3 is 1. The monoisotopic (exact) mass is 365 g/mol. The molecule has 1 heterocycles. The van der Waals surface area contributed by atoms with Crippen molar-refractivity contribution in [3.8, 4) is 11.5 Å². The van der Waals surface area contributed by atoms with Crippen molar-refractivity contribution >= 4 is 11.9 Å². The highest BCUT2D eigenvalue weighted by atomic mass is 19.1. The second-order valence-corrected chi connectivity index (χ2v) is 6.35. The van der Waals surface area contributed by atoms with Crippen LogP contribution in [0, 0.1) is 11.7 Å². The summed E-state index contributed by atoms with van der Waals surface area (Å²) in [6.07, 6.45) is 1.73. The second kappa shape index (κ2) is 8.69. The number of nitrogens with zero attached hydrogens (tertiary/aromatic N) is 1. The number of esters is 1. The quantitative estimate of drug-likeness (QED) is 0.663. The van der Waals surface area contributed by atoms with Gasteiger partial charge in [-0.05, 0) is 31.4 Å². The Kier molecular flexibility index (Phi) is 6.60. The van der Waals surface area contributed by atoms with Crippen LogP contribution in [0.15, 0.2) is 30.0 Å². The predicted molar refractivity (Wildman–Crippen MR) is 93.3 cm³/mol. The van der Waals surface area contributed by atoms with Gasteiger partial charge in [0.25, 0.3) is 5.91 Å². The molecule has 0 radical (unpaired) electrons. The molecule has 6 nitrogen and oxygen atoms in total. The largest absolute Gasteiger partial charge is 0.491 e. The fraction of sp³-hybridized carbons (Fsp3) is 0.474. The molecule has 1 aromatic carbocycles. The zero-order valence-electron chi connectivity index (χ0n) is 15.5. The Morgan fingerprint density at radius 1 is 1.31 bits per heavy atom. The molecule has 0 aromatic heterocycles. The van der Waals surface area contributed by atoms with E-state index in [1.54, 1.807) is 13.0 Å². The minimum atomic E-state index is -0.704. The van der Waals surface area contributed by atoms with Crippen LogP contribution in [0.1, 0.15) is 27.2 Å². The van der Waals surface area contributed by atoms with Crippen molar-refractivity contribution in [1.82, 2.24) is 4.90 Å². The molecule has 142 valence electrons. The molecule has 7 heteroatoms. The minimum Gasteiger partial charge on any atom is -0.491 e. The van der Waals surface area contributed by atoms with Gasteiger partial charge >= 0.3 is 5.97 Å². The summed E-state index contributed by atoms with van der Waals surface area (Å²) in [5.41, 5.74) is 0. The summed E-state index contributed by atoms with van der Waals surface area (Å²) in [5.74, 6) is -0.969. The zero-order valence-corrected chi connectivity index (χ0v) is 15.5. The van der Waals surface area contributed by atoms with Gasteiger partial charge in [0.15, 0.2) is 11.5 Å².